The van der Waals surface area contributed by atoms with Gasteiger partial charge in [-0.3, -0.25) is 4.31 Å². The van der Waals surface area contributed by atoms with Crippen LogP contribution in [0.4, 0.5) is 5.82 Å². The monoisotopic (exact) mass is 292 g/mol. The molecule has 0 aliphatic carbocycles. The summed E-state index contributed by atoms with van der Waals surface area (Å²) in [5, 5.41) is 0. The zero-order valence-electron chi connectivity index (χ0n) is 11.6. The number of benzene rings is 1. The zero-order chi connectivity index (χ0) is 14.8. The summed E-state index contributed by atoms with van der Waals surface area (Å²) in [5.74, 6) is 0.683. The van der Waals surface area contributed by atoms with E-state index >= 15 is 0 Å². The van der Waals surface area contributed by atoms with Crippen molar-refractivity contribution >= 4 is 15.8 Å². The second kappa shape index (κ2) is 5.50. The number of anilines is 1. The molecule has 0 aliphatic rings. The molecule has 0 aliphatic heterocycles. The van der Waals surface area contributed by atoms with Gasteiger partial charge in [0.1, 0.15) is 16.5 Å². The van der Waals surface area contributed by atoms with Gasteiger partial charge in [-0.15, -0.1) is 0 Å². The van der Waals surface area contributed by atoms with Crippen LogP contribution in [0, 0.1) is 6.92 Å². The highest BCUT2D eigenvalue weighted by atomic mass is 32.2. The van der Waals surface area contributed by atoms with Crippen molar-refractivity contribution in [3.63, 3.8) is 0 Å². The molecule has 2 rings (SSSR count). The lowest BCUT2D eigenvalue weighted by Gasteiger charge is -2.20. The predicted molar refractivity (Wildman–Crippen MR) is 77.6 cm³/mol. The number of ether oxygens (including phenoxy) is 1. The Morgan fingerprint density at radius 2 is 1.80 bits per heavy atom. The van der Waals surface area contributed by atoms with Crippen LogP contribution in [0.3, 0.4) is 0 Å². The van der Waals surface area contributed by atoms with Gasteiger partial charge in [-0.1, -0.05) is 18.2 Å². The van der Waals surface area contributed by atoms with Gasteiger partial charge in [0, 0.05) is 12.7 Å². The van der Waals surface area contributed by atoms with Gasteiger partial charge < -0.3 is 4.74 Å². The van der Waals surface area contributed by atoms with E-state index in [0.29, 0.717) is 11.6 Å². The molecule has 20 heavy (non-hydrogen) atoms. The molecule has 0 amide bonds. The third-order valence-electron chi connectivity index (χ3n) is 2.90. The molecule has 0 saturated heterocycles. The molecule has 0 N–H and O–H groups in total. The summed E-state index contributed by atoms with van der Waals surface area (Å²) in [4.78, 5) is 4.35. The fourth-order valence-corrected chi connectivity index (χ4v) is 3.11. The minimum Gasteiger partial charge on any atom is -0.495 e. The van der Waals surface area contributed by atoms with Gasteiger partial charge >= 0.3 is 0 Å². The van der Waals surface area contributed by atoms with Crippen molar-refractivity contribution in [1.29, 1.82) is 0 Å². The molecule has 0 unspecified atom stereocenters. The quantitative estimate of drug-likeness (QED) is 0.867. The highest BCUT2D eigenvalue weighted by Gasteiger charge is 2.25. The first kappa shape index (κ1) is 14.3. The minimum atomic E-state index is -3.71. The number of pyridine rings is 1. The van der Waals surface area contributed by atoms with E-state index in [4.69, 9.17) is 4.74 Å². The summed E-state index contributed by atoms with van der Waals surface area (Å²) in [7, 11) is -0.786. The number of hydrogen-bond acceptors (Lipinski definition) is 4. The van der Waals surface area contributed by atoms with Crippen LogP contribution in [0.25, 0.3) is 0 Å². The average Bonchev–Trinajstić information content (AvgIpc) is 2.46. The maximum atomic E-state index is 12.6. The smallest absolute Gasteiger partial charge is 0.268 e. The van der Waals surface area contributed by atoms with Crippen molar-refractivity contribution in [2.45, 2.75) is 11.8 Å². The fourth-order valence-electron chi connectivity index (χ4n) is 1.81. The van der Waals surface area contributed by atoms with Gasteiger partial charge in [0.15, 0.2) is 0 Å². The van der Waals surface area contributed by atoms with Gasteiger partial charge in [-0.2, -0.15) is 0 Å². The van der Waals surface area contributed by atoms with Crippen LogP contribution < -0.4 is 9.04 Å². The molecular formula is C14H16N2O3S. The Morgan fingerprint density at radius 3 is 2.45 bits per heavy atom. The molecule has 6 heteroatoms. The molecular weight excluding hydrogens is 276 g/mol. The van der Waals surface area contributed by atoms with E-state index < -0.39 is 10.0 Å². The number of para-hydroxylation sites is 1. The van der Waals surface area contributed by atoms with Crippen LogP contribution in [0.5, 0.6) is 5.75 Å². The molecule has 106 valence electrons. The molecule has 0 fully saturated rings. The van der Waals surface area contributed by atoms with E-state index in [1.807, 2.05) is 13.0 Å². The van der Waals surface area contributed by atoms with Crippen LogP contribution in [0.15, 0.2) is 47.4 Å². The largest absolute Gasteiger partial charge is 0.495 e. The maximum absolute atomic E-state index is 12.6. The maximum Gasteiger partial charge on any atom is 0.268 e. The number of hydrogen-bond donors (Lipinski definition) is 0. The Hall–Kier alpha value is -2.08. The van der Waals surface area contributed by atoms with Crippen LogP contribution >= 0.6 is 0 Å². The van der Waals surface area contributed by atoms with Crippen molar-refractivity contribution in [2.24, 2.45) is 0 Å². The van der Waals surface area contributed by atoms with Crippen LogP contribution in [0.2, 0.25) is 0 Å². The summed E-state index contributed by atoms with van der Waals surface area (Å²) >= 11 is 0. The molecule has 1 heterocycles. The topological polar surface area (TPSA) is 59.5 Å². The molecule has 0 atom stereocenters. The standard InChI is InChI=1S/C14H16N2O3S/c1-11-7-6-10-14(15-11)16(2)20(17,18)13-9-5-4-8-12(13)19-3/h4-10H,1-3H3. The van der Waals surface area contributed by atoms with E-state index in [1.54, 1.807) is 30.3 Å². The van der Waals surface area contributed by atoms with Gasteiger partial charge in [0.05, 0.1) is 7.11 Å². The number of methoxy groups -OCH3 is 1. The first-order valence-electron chi connectivity index (χ1n) is 6.02. The Balaban J connectivity index is 2.50. The highest BCUT2D eigenvalue weighted by Crippen LogP contribution is 2.27. The van der Waals surface area contributed by atoms with Crippen molar-refractivity contribution < 1.29 is 13.2 Å². The normalized spacial score (nSPS) is 11.2. The van der Waals surface area contributed by atoms with Crippen molar-refractivity contribution in [1.82, 2.24) is 4.98 Å². The second-order valence-electron chi connectivity index (χ2n) is 4.26. The van der Waals surface area contributed by atoms with E-state index in [9.17, 15) is 8.42 Å². The first-order chi connectivity index (χ1) is 9.46. The van der Waals surface area contributed by atoms with Gasteiger partial charge in [-0.05, 0) is 31.2 Å². The summed E-state index contributed by atoms with van der Waals surface area (Å²) in [6.45, 7) is 1.81. The zero-order valence-corrected chi connectivity index (χ0v) is 12.4. The van der Waals surface area contributed by atoms with Crippen LogP contribution in [-0.4, -0.2) is 27.6 Å². The van der Waals surface area contributed by atoms with Crippen LogP contribution in [0.1, 0.15) is 5.69 Å². The SMILES string of the molecule is COc1ccccc1S(=O)(=O)N(C)c1cccc(C)n1. The Labute approximate surface area is 118 Å². The lowest BCUT2D eigenvalue weighted by atomic mass is 10.3. The van der Waals surface area contributed by atoms with Crippen molar-refractivity contribution in [2.75, 3.05) is 18.5 Å². The summed E-state index contributed by atoms with van der Waals surface area (Å²) in [6.07, 6.45) is 0. The number of nitrogens with zero attached hydrogens (tertiary/aromatic N) is 2. The third kappa shape index (κ3) is 2.60. The van der Waals surface area contributed by atoms with Gasteiger partial charge in [-0.25, -0.2) is 13.4 Å². The molecule has 2 aromatic rings. The molecule has 1 aromatic carbocycles. The van der Waals surface area contributed by atoms with E-state index in [-0.39, 0.29) is 4.90 Å². The summed E-state index contributed by atoms with van der Waals surface area (Å²) < 4.78 is 31.5. The molecule has 0 spiro atoms. The molecule has 0 radical (unpaired) electrons. The first-order valence-corrected chi connectivity index (χ1v) is 7.46. The van der Waals surface area contributed by atoms with E-state index in [0.717, 1.165) is 10.00 Å². The number of rotatable bonds is 4. The Kier molecular flexibility index (Phi) is 3.94. The molecule has 0 bridgehead atoms. The predicted octanol–water partition coefficient (Wildman–Crippen LogP) is 2.22. The Morgan fingerprint density at radius 1 is 1.10 bits per heavy atom. The van der Waals surface area contributed by atoms with E-state index in [1.165, 1.54) is 20.2 Å². The number of aryl methyl sites for hydroxylation is 1. The molecule has 1 aromatic heterocycles. The van der Waals surface area contributed by atoms with Crippen LogP contribution in [-0.2, 0) is 10.0 Å². The fraction of sp³-hybridized carbons (Fsp3) is 0.214. The minimum absolute atomic E-state index is 0.119. The lowest BCUT2D eigenvalue weighted by molar-refractivity contribution is 0.402. The average molecular weight is 292 g/mol. The third-order valence-corrected chi connectivity index (χ3v) is 4.70. The van der Waals surface area contributed by atoms with Crippen molar-refractivity contribution in [3.05, 3.63) is 48.2 Å². The lowest BCUT2D eigenvalue weighted by Crippen LogP contribution is -2.27. The van der Waals surface area contributed by atoms with Gasteiger partial charge in [0.2, 0.25) is 0 Å². The number of aromatic nitrogens is 1. The van der Waals surface area contributed by atoms with Crippen molar-refractivity contribution in [3.8, 4) is 5.75 Å². The highest BCUT2D eigenvalue weighted by molar-refractivity contribution is 7.92. The summed E-state index contributed by atoms with van der Waals surface area (Å²) in [5.41, 5.74) is 0.754. The molecule has 5 nitrogen and oxygen atoms in total. The second-order valence-corrected chi connectivity index (χ2v) is 6.20. The van der Waals surface area contributed by atoms with E-state index in [2.05, 4.69) is 4.98 Å². The van der Waals surface area contributed by atoms with Gasteiger partial charge in [0.25, 0.3) is 10.0 Å². The Bertz CT molecular complexity index is 714. The number of sulfonamides is 1. The summed E-state index contributed by atoms with van der Waals surface area (Å²) in [6, 6.07) is 11.7. The molecule has 0 saturated carbocycles.